The first kappa shape index (κ1) is 8.26. The molecule has 0 aliphatic heterocycles. The minimum absolute atomic E-state index is 0.882. The van der Waals surface area contributed by atoms with Gasteiger partial charge in [-0.3, -0.25) is 0 Å². The van der Waals surface area contributed by atoms with E-state index in [1.54, 1.807) is 0 Å². The van der Waals surface area contributed by atoms with Gasteiger partial charge in [0.15, 0.2) is 0 Å². The molecule has 0 N–H and O–H groups in total. The van der Waals surface area contributed by atoms with Crippen molar-refractivity contribution in [1.82, 2.24) is 0 Å². The molecule has 0 aromatic rings. The zero-order valence-corrected chi connectivity index (χ0v) is 8.17. The van der Waals surface area contributed by atoms with E-state index in [9.17, 15) is 0 Å². The molecule has 2 heteroatoms. The molecule has 0 unspecified atom stereocenters. The van der Waals surface area contributed by atoms with E-state index in [0.29, 0.717) is 0 Å². The first-order valence-corrected chi connectivity index (χ1v) is 7.15. The Morgan fingerprint density at radius 2 is 1.88 bits per heavy atom. The van der Waals surface area contributed by atoms with Gasteiger partial charge in [0.05, 0.1) is 8.07 Å². The lowest BCUT2D eigenvalue weighted by atomic mass is 10.8. The molecule has 46 valence electrons. The average molecular weight is 191 g/mol. The molecule has 0 rings (SSSR count). The molecule has 0 nitrogen and oxygen atoms in total. The van der Waals surface area contributed by atoms with Gasteiger partial charge in [-0.1, -0.05) is 25.6 Å². The molecule has 0 aromatic carbocycles. The maximum atomic E-state index is 3.06. The lowest BCUT2D eigenvalue weighted by Crippen LogP contribution is -2.17. The van der Waals surface area contributed by atoms with Crippen molar-refractivity contribution in [3.05, 3.63) is 0 Å². The molecule has 8 heavy (non-hydrogen) atoms. The van der Waals surface area contributed by atoms with E-state index in [2.05, 4.69) is 46.3 Å². The van der Waals surface area contributed by atoms with Crippen molar-refractivity contribution in [2.24, 2.45) is 0 Å². The molecule has 0 amide bonds. The van der Waals surface area contributed by atoms with Gasteiger partial charge in [-0.2, -0.15) is 0 Å². The van der Waals surface area contributed by atoms with Gasteiger partial charge in [0.2, 0.25) is 0 Å². The van der Waals surface area contributed by atoms with Crippen molar-refractivity contribution in [2.75, 3.05) is 0 Å². The molecule has 0 atom stereocenters. The van der Waals surface area contributed by atoms with Crippen LogP contribution in [0.25, 0.3) is 0 Å². The minimum atomic E-state index is -0.882. The molecule has 0 aliphatic carbocycles. The normalized spacial score (nSPS) is 10.0. The Kier molecular flexibility index (Phi) is 3.42. The van der Waals surface area contributed by atoms with E-state index >= 15 is 0 Å². The molecule has 0 bridgehead atoms. The molecular weight excluding hydrogens is 180 g/mol. The highest BCUT2D eigenvalue weighted by molar-refractivity contribution is 9.12. The Labute approximate surface area is 60.8 Å². The third-order valence-electron chi connectivity index (χ3n) is 0.686. The molecule has 0 heterocycles. The van der Waals surface area contributed by atoms with Crippen LogP contribution in [0.5, 0.6) is 0 Å². The van der Waals surface area contributed by atoms with Crippen LogP contribution >= 0.6 is 15.9 Å². The van der Waals surface area contributed by atoms with Gasteiger partial charge in [0.1, 0.15) is 0 Å². The summed E-state index contributed by atoms with van der Waals surface area (Å²) in [6, 6.07) is 1.10. The lowest BCUT2D eigenvalue weighted by molar-refractivity contribution is 1.57. The van der Waals surface area contributed by atoms with Crippen LogP contribution in [0.1, 0.15) is 0 Å². The van der Waals surface area contributed by atoms with Crippen LogP contribution in [0.3, 0.4) is 0 Å². The zero-order chi connectivity index (χ0) is 6.62. The number of hydrogen-bond acceptors (Lipinski definition) is 0. The van der Waals surface area contributed by atoms with Gasteiger partial charge in [-0.05, 0) is 4.83 Å². The Morgan fingerprint density at radius 3 is 2.00 bits per heavy atom. The summed E-state index contributed by atoms with van der Waals surface area (Å²) in [7, 11) is -0.882. The highest BCUT2D eigenvalue weighted by Crippen LogP contribution is 2.05. The van der Waals surface area contributed by atoms with Crippen molar-refractivity contribution in [1.29, 1.82) is 0 Å². The number of halogens is 1. The maximum absolute atomic E-state index is 3.06. The lowest BCUT2D eigenvalue weighted by Gasteiger charge is -2.08. The maximum Gasteiger partial charge on any atom is 0.0573 e. The number of hydrogen-bond donors (Lipinski definition) is 0. The van der Waals surface area contributed by atoms with Gasteiger partial charge in [0, 0.05) is 22.0 Å². The first-order chi connectivity index (χ1) is 3.56. The molecule has 0 aromatic heterocycles. The quantitative estimate of drug-likeness (QED) is 0.441. The highest BCUT2D eigenvalue weighted by Gasteiger charge is 2.09. The SMILES string of the molecule is C[Si](C)(C)CC#CBr. The van der Waals surface area contributed by atoms with Crippen molar-refractivity contribution in [3.8, 4) is 10.8 Å². The summed E-state index contributed by atoms with van der Waals surface area (Å²) in [5, 5.41) is 0. The predicted octanol–water partition coefficient (Wildman–Crippen LogP) is 2.68. The third kappa shape index (κ3) is 6.26. The third-order valence-corrected chi connectivity index (χ3v) is 2.20. The fraction of sp³-hybridized carbons (Fsp3) is 0.667. The van der Waals surface area contributed by atoms with E-state index in [-0.39, 0.29) is 0 Å². The molecule has 0 spiro atoms. The summed E-state index contributed by atoms with van der Waals surface area (Å²) < 4.78 is 0. The summed E-state index contributed by atoms with van der Waals surface area (Å²) >= 11 is 3.06. The molecule has 0 saturated heterocycles. The van der Waals surface area contributed by atoms with Crippen molar-refractivity contribution < 1.29 is 0 Å². The summed E-state index contributed by atoms with van der Waals surface area (Å²) in [6.45, 7) is 6.93. The molecule has 0 saturated carbocycles. The van der Waals surface area contributed by atoms with Crippen LogP contribution < -0.4 is 0 Å². The van der Waals surface area contributed by atoms with Crippen LogP contribution in [-0.4, -0.2) is 8.07 Å². The predicted molar refractivity (Wildman–Crippen MR) is 44.9 cm³/mol. The summed E-state index contributed by atoms with van der Waals surface area (Å²) in [5.74, 6) is 3.02. The highest BCUT2D eigenvalue weighted by atomic mass is 79.9. The summed E-state index contributed by atoms with van der Waals surface area (Å²) in [6.07, 6.45) is 0. The fourth-order valence-corrected chi connectivity index (χ4v) is 1.32. The van der Waals surface area contributed by atoms with Gasteiger partial charge < -0.3 is 0 Å². The topological polar surface area (TPSA) is 0 Å². The molecule has 0 aliphatic rings. The van der Waals surface area contributed by atoms with Crippen molar-refractivity contribution in [2.45, 2.75) is 25.7 Å². The van der Waals surface area contributed by atoms with E-state index < -0.39 is 8.07 Å². The molecule has 0 radical (unpaired) electrons. The molecule has 0 fully saturated rings. The van der Waals surface area contributed by atoms with Crippen LogP contribution in [-0.2, 0) is 0 Å². The van der Waals surface area contributed by atoms with Gasteiger partial charge >= 0.3 is 0 Å². The fourth-order valence-electron chi connectivity index (χ4n) is 0.299. The summed E-state index contributed by atoms with van der Waals surface area (Å²) in [4.78, 5) is 2.72. The Morgan fingerprint density at radius 1 is 1.38 bits per heavy atom. The van der Waals surface area contributed by atoms with E-state index in [1.165, 1.54) is 0 Å². The standard InChI is InChI=1S/C6H11BrSi/c1-8(2,3)6-4-5-7/h6H2,1-3H3. The van der Waals surface area contributed by atoms with Gasteiger partial charge in [-0.15, -0.1) is 0 Å². The van der Waals surface area contributed by atoms with Crippen LogP contribution in [0.15, 0.2) is 0 Å². The Balaban J connectivity index is 3.50. The Hall–Kier alpha value is 0.257. The second-order valence-corrected chi connectivity index (χ2v) is 8.88. The van der Waals surface area contributed by atoms with Gasteiger partial charge in [0.25, 0.3) is 0 Å². The van der Waals surface area contributed by atoms with Gasteiger partial charge in [-0.25, -0.2) is 0 Å². The van der Waals surface area contributed by atoms with Crippen LogP contribution in [0.2, 0.25) is 25.7 Å². The second-order valence-electron chi connectivity index (χ2n) is 3.01. The zero-order valence-electron chi connectivity index (χ0n) is 5.59. The van der Waals surface area contributed by atoms with E-state index in [0.717, 1.165) is 6.04 Å². The average Bonchev–Trinajstić information content (AvgIpc) is 1.59. The van der Waals surface area contributed by atoms with E-state index in [1.807, 2.05) is 0 Å². The second kappa shape index (κ2) is 3.32. The minimum Gasteiger partial charge on any atom is -0.0938 e. The molecular formula is C6H11BrSi. The van der Waals surface area contributed by atoms with Crippen molar-refractivity contribution in [3.63, 3.8) is 0 Å². The van der Waals surface area contributed by atoms with E-state index in [4.69, 9.17) is 0 Å². The van der Waals surface area contributed by atoms with Crippen LogP contribution in [0.4, 0.5) is 0 Å². The van der Waals surface area contributed by atoms with Crippen LogP contribution in [0, 0.1) is 10.8 Å². The largest absolute Gasteiger partial charge is 0.0938 e. The number of rotatable bonds is 1. The summed E-state index contributed by atoms with van der Waals surface area (Å²) in [5.41, 5.74) is 0. The smallest absolute Gasteiger partial charge is 0.0573 e. The van der Waals surface area contributed by atoms with Crippen molar-refractivity contribution >= 4 is 24.0 Å². The monoisotopic (exact) mass is 190 g/mol. The Bertz CT molecular complexity index is 113. The first-order valence-electron chi connectivity index (χ1n) is 2.65.